The molecular weight excluding hydrogens is 611 g/mol. The highest BCUT2D eigenvalue weighted by atomic mass is 35.5. The van der Waals surface area contributed by atoms with E-state index in [1.54, 1.807) is 50.2 Å². The van der Waals surface area contributed by atoms with Gasteiger partial charge in [-0.15, -0.1) is 0 Å². The van der Waals surface area contributed by atoms with Crippen molar-refractivity contribution in [2.24, 2.45) is 5.10 Å². The summed E-state index contributed by atoms with van der Waals surface area (Å²) >= 11 is 18.1. The predicted molar refractivity (Wildman–Crippen MR) is 171 cm³/mol. The summed E-state index contributed by atoms with van der Waals surface area (Å²) in [6.07, 6.45) is 1.41. The molecule has 4 rings (SSSR count). The maximum atomic E-state index is 12.7. The number of halogens is 2. The smallest absolute Gasteiger partial charge is 0.338 e. The number of thiocarbonyl (C=S) groups is 1. The molecular formula is C31H30Cl2N4O5S. The quantitative estimate of drug-likeness (QED) is 0.105. The van der Waals surface area contributed by atoms with Gasteiger partial charge in [0.25, 0.3) is 5.91 Å². The summed E-state index contributed by atoms with van der Waals surface area (Å²) in [6, 6.07) is 17.6. The van der Waals surface area contributed by atoms with Gasteiger partial charge in [0.1, 0.15) is 12.4 Å². The van der Waals surface area contributed by atoms with Gasteiger partial charge in [-0.25, -0.2) is 10.2 Å². The van der Waals surface area contributed by atoms with Crippen molar-refractivity contribution >= 4 is 58.6 Å². The van der Waals surface area contributed by atoms with Crippen molar-refractivity contribution in [3.05, 3.63) is 104 Å². The molecule has 0 aliphatic carbocycles. The fourth-order valence-electron chi connectivity index (χ4n) is 4.24. The van der Waals surface area contributed by atoms with Gasteiger partial charge in [-0.05, 0) is 62.3 Å². The molecule has 224 valence electrons. The molecule has 0 unspecified atom stereocenters. The number of benzene rings is 3. The first kappa shape index (κ1) is 31.8. The lowest BCUT2D eigenvalue weighted by molar-refractivity contribution is -0.139. The van der Waals surface area contributed by atoms with Crippen LogP contribution in [0, 0.1) is 6.92 Å². The van der Waals surface area contributed by atoms with Crippen LogP contribution in [-0.4, -0.2) is 36.4 Å². The van der Waals surface area contributed by atoms with E-state index in [9.17, 15) is 9.59 Å². The van der Waals surface area contributed by atoms with Crippen LogP contribution in [0.5, 0.6) is 11.5 Å². The SMILES string of the molecule is CCOC(=O)C1=C(C)NC(=S)N[C@H]1c1ccccc1OCC(=O)NN=Cc1cc(Cl)c(OCc2ccc(C)cc2)c(Cl)c1. The molecule has 0 aromatic heterocycles. The molecule has 1 aliphatic heterocycles. The Morgan fingerprint density at radius 3 is 2.44 bits per heavy atom. The predicted octanol–water partition coefficient (Wildman–Crippen LogP) is 5.77. The van der Waals surface area contributed by atoms with Gasteiger partial charge in [0, 0.05) is 11.3 Å². The van der Waals surface area contributed by atoms with E-state index < -0.39 is 17.9 Å². The number of allylic oxidation sites excluding steroid dienone is 1. The number of rotatable bonds is 11. The van der Waals surface area contributed by atoms with Gasteiger partial charge in [-0.2, -0.15) is 5.10 Å². The van der Waals surface area contributed by atoms with Gasteiger partial charge in [0.2, 0.25) is 0 Å². The topological polar surface area (TPSA) is 110 Å². The number of aryl methyl sites for hydroxylation is 1. The first-order valence-electron chi connectivity index (χ1n) is 13.3. The zero-order valence-electron chi connectivity index (χ0n) is 23.7. The Balaban J connectivity index is 1.37. The zero-order chi connectivity index (χ0) is 30.9. The second-order valence-corrected chi connectivity index (χ2v) is 10.7. The lowest BCUT2D eigenvalue weighted by atomic mass is 9.95. The van der Waals surface area contributed by atoms with Crippen molar-refractivity contribution in [3.63, 3.8) is 0 Å². The van der Waals surface area contributed by atoms with E-state index in [4.69, 9.17) is 49.6 Å². The number of carbonyl (C=O) groups is 2. The third-order valence-corrected chi connectivity index (χ3v) is 7.06. The van der Waals surface area contributed by atoms with E-state index in [1.165, 1.54) is 6.21 Å². The monoisotopic (exact) mass is 640 g/mol. The third-order valence-electron chi connectivity index (χ3n) is 6.28. The van der Waals surface area contributed by atoms with Crippen molar-refractivity contribution in [1.29, 1.82) is 0 Å². The first-order valence-corrected chi connectivity index (χ1v) is 14.5. The highest BCUT2D eigenvalue weighted by molar-refractivity contribution is 7.80. The van der Waals surface area contributed by atoms with Crippen molar-refractivity contribution in [1.82, 2.24) is 16.1 Å². The van der Waals surface area contributed by atoms with Gasteiger partial charge < -0.3 is 24.8 Å². The summed E-state index contributed by atoms with van der Waals surface area (Å²) in [5.41, 5.74) is 6.67. The molecule has 43 heavy (non-hydrogen) atoms. The molecule has 1 heterocycles. The molecule has 3 aromatic rings. The molecule has 1 atom stereocenters. The number of hydrogen-bond donors (Lipinski definition) is 3. The van der Waals surface area contributed by atoms with Gasteiger partial charge in [0.15, 0.2) is 17.5 Å². The Morgan fingerprint density at radius 1 is 1.05 bits per heavy atom. The lowest BCUT2D eigenvalue weighted by Crippen LogP contribution is -2.45. The van der Waals surface area contributed by atoms with Gasteiger partial charge in [-0.1, -0.05) is 71.2 Å². The largest absolute Gasteiger partial charge is 0.486 e. The van der Waals surface area contributed by atoms with Crippen LogP contribution in [-0.2, 0) is 20.9 Å². The van der Waals surface area contributed by atoms with Crippen LogP contribution in [0.2, 0.25) is 10.0 Å². The maximum absolute atomic E-state index is 12.7. The Bertz CT molecular complexity index is 1550. The number of hydrogen-bond acceptors (Lipinski definition) is 7. The Morgan fingerprint density at radius 2 is 1.74 bits per heavy atom. The summed E-state index contributed by atoms with van der Waals surface area (Å²) in [6.45, 7) is 5.68. The van der Waals surface area contributed by atoms with E-state index in [2.05, 4.69) is 21.2 Å². The van der Waals surface area contributed by atoms with E-state index in [0.717, 1.165) is 11.1 Å². The number of ether oxygens (including phenoxy) is 3. The van der Waals surface area contributed by atoms with E-state index in [1.807, 2.05) is 31.2 Å². The minimum Gasteiger partial charge on any atom is -0.486 e. The molecule has 0 saturated heterocycles. The average Bonchev–Trinajstić information content (AvgIpc) is 2.96. The molecule has 1 aliphatic rings. The third kappa shape index (κ3) is 8.47. The van der Waals surface area contributed by atoms with E-state index in [-0.39, 0.29) is 13.2 Å². The minimum absolute atomic E-state index is 0.218. The highest BCUT2D eigenvalue weighted by Gasteiger charge is 2.32. The number of amides is 1. The molecule has 0 radical (unpaired) electrons. The molecule has 3 aromatic carbocycles. The fraction of sp³-hybridized carbons (Fsp3) is 0.226. The number of esters is 1. The first-order chi connectivity index (χ1) is 20.7. The average molecular weight is 642 g/mol. The number of hydrazone groups is 1. The van der Waals surface area contributed by atoms with Crippen LogP contribution in [0.3, 0.4) is 0 Å². The van der Waals surface area contributed by atoms with Crippen LogP contribution < -0.4 is 25.5 Å². The van der Waals surface area contributed by atoms with Crippen LogP contribution in [0.4, 0.5) is 0 Å². The lowest BCUT2D eigenvalue weighted by Gasteiger charge is -2.30. The number of carbonyl (C=O) groups excluding carboxylic acids is 2. The Labute approximate surface area is 265 Å². The molecule has 0 saturated carbocycles. The van der Waals surface area contributed by atoms with E-state index in [0.29, 0.717) is 55.7 Å². The van der Waals surface area contributed by atoms with Gasteiger partial charge in [-0.3, -0.25) is 4.79 Å². The summed E-state index contributed by atoms with van der Waals surface area (Å²) < 4.78 is 16.9. The minimum atomic E-state index is -0.636. The van der Waals surface area contributed by atoms with Gasteiger partial charge in [0.05, 0.1) is 34.5 Å². The second kappa shape index (κ2) is 14.9. The standard InChI is InChI=1S/C31H30Cl2N4O5S/c1-4-40-30(39)27-19(3)35-31(43)36-28(27)22-7-5-6-8-25(22)41-17-26(38)37-34-15-21-13-23(32)29(24(33)14-21)42-16-20-11-9-18(2)10-12-20/h5-15,28H,4,16-17H2,1-3H3,(H,37,38)(H2,35,36,43)/t28-/m0/s1. The maximum Gasteiger partial charge on any atom is 0.338 e. The number of nitrogens with one attached hydrogen (secondary N) is 3. The summed E-state index contributed by atoms with van der Waals surface area (Å²) in [7, 11) is 0. The second-order valence-electron chi connectivity index (χ2n) is 9.50. The molecule has 0 spiro atoms. The molecule has 3 N–H and O–H groups in total. The van der Waals surface area contributed by atoms with Crippen molar-refractivity contribution in [3.8, 4) is 11.5 Å². The number of nitrogens with zero attached hydrogens (tertiary/aromatic N) is 1. The normalized spacial score (nSPS) is 14.6. The van der Waals surface area contributed by atoms with Crippen molar-refractivity contribution in [2.75, 3.05) is 13.2 Å². The molecule has 0 fully saturated rings. The molecule has 12 heteroatoms. The van der Waals surface area contributed by atoms with Crippen molar-refractivity contribution < 1.29 is 23.8 Å². The molecule has 0 bridgehead atoms. The summed E-state index contributed by atoms with van der Waals surface area (Å²) in [5.74, 6) is -0.247. The van der Waals surface area contributed by atoms with Crippen LogP contribution in [0.1, 0.15) is 42.1 Å². The summed E-state index contributed by atoms with van der Waals surface area (Å²) in [4.78, 5) is 25.3. The Hall–Kier alpha value is -4.12. The zero-order valence-corrected chi connectivity index (χ0v) is 26.0. The molecule has 9 nitrogen and oxygen atoms in total. The highest BCUT2D eigenvalue weighted by Crippen LogP contribution is 2.35. The van der Waals surface area contributed by atoms with Crippen LogP contribution in [0.25, 0.3) is 0 Å². The van der Waals surface area contributed by atoms with Crippen LogP contribution >= 0.6 is 35.4 Å². The van der Waals surface area contributed by atoms with Crippen molar-refractivity contribution in [2.45, 2.75) is 33.4 Å². The van der Waals surface area contributed by atoms with Crippen LogP contribution in [0.15, 0.2) is 77.0 Å². The molecule has 1 amide bonds. The number of para-hydroxylation sites is 1. The van der Waals surface area contributed by atoms with E-state index >= 15 is 0 Å². The Kier molecular flexibility index (Phi) is 11.0. The van der Waals surface area contributed by atoms with Gasteiger partial charge >= 0.3 is 5.97 Å². The summed E-state index contributed by atoms with van der Waals surface area (Å²) in [5, 5.41) is 11.0. The fourth-order valence-corrected chi connectivity index (χ4v) is 5.13.